The van der Waals surface area contributed by atoms with Gasteiger partial charge in [0.15, 0.2) is 6.61 Å². The van der Waals surface area contributed by atoms with Gasteiger partial charge >= 0.3 is 5.97 Å². The maximum absolute atomic E-state index is 10.7. The van der Waals surface area contributed by atoms with Crippen molar-refractivity contribution in [2.45, 2.75) is 33.3 Å². The summed E-state index contributed by atoms with van der Waals surface area (Å²) in [4.78, 5) is 21.0. The lowest BCUT2D eigenvalue weighted by Gasteiger charge is -2.09. The van der Waals surface area contributed by atoms with Crippen molar-refractivity contribution >= 4 is 17.3 Å². The summed E-state index contributed by atoms with van der Waals surface area (Å²) in [5, 5.41) is 9.65. The van der Waals surface area contributed by atoms with E-state index in [1.54, 1.807) is 29.7 Å². The van der Waals surface area contributed by atoms with E-state index in [9.17, 15) is 4.79 Å². The minimum absolute atomic E-state index is 0.320. The van der Waals surface area contributed by atoms with Gasteiger partial charge in [0.2, 0.25) is 0 Å². The largest absolute Gasteiger partial charge is 0.486 e. The highest BCUT2D eigenvalue weighted by Gasteiger charge is 2.16. The van der Waals surface area contributed by atoms with E-state index < -0.39 is 5.97 Å². The van der Waals surface area contributed by atoms with Gasteiger partial charge in [-0.3, -0.25) is 4.98 Å². The third-order valence-electron chi connectivity index (χ3n) is 5.22. The van der Waals surface area contributed by atoms with Crippen molar-refractivity contribution in [1.29, 1.82) is 0 Å². The van der Waals surface area contributed by atoms with E-state index in [4.69, 9.17) is 19.6 Å². The maximum Gasteiger partial charge on any atom is 0.341 e. The third kappa shape index (κ3) is 5.80. The lowest BCUT2D eigenvalue weighted by atomic mass is 10.0. The van der Waals surface area contributed by atoms with Gasteiger partial charge in [-0.1, -0.05) is 37.6 Å². The zero-order valence-electron chi connectivity index (χ0n) is 19.2. The molecule has 0 aliphatic rings. The molecule has 2 aromatic carbocycles. The molecule has 34 heavy (non-hydrogen) atoms. The highest BCUT2D eigenvalue weighted by Crippen LogP contribution is 2.37. The fourth-order valence-electron chi connectivity index (χ4n) is 3.59. The number of nitrogens with zero attached hydrogens (tertiary/aromatic N) is 2. The molecule has 6 nitrogen and oxygen atoms in total. The van der Waals surface area contributed by atoms with Crippen LogP contribution in [0.1, 0.15) is 29.5 Å². The van der Waals surface area contributed by atoms with Crippen LogP contribution in [-0.4, -0.2) is 27.7 Å². The van der Waals surface area contributed by atoms with Gasteiger partial charge in [0.05, 0.1) is 10.6 Å². The van der Waals surface area contributed by atoms with Crippen LogP contribution in [0, 0.1) is 6.92 Å². The van der Waals surface area contributed by atoms with Gasteiger partial charge in [-0.25, -0.2) is 9.78 Å². The Morgan fingerprint density at radius 2 is 1.88 bits per heavy atom. The predicted molar refractivity (Wildman–Crippen MR) is 133 cm³/mol. The second kappa shape index (κ2) is 10.9. The monoisotopic (exact) mass is 474 g/mol. The number of ether oxygens (including phenoxy) is 2. The number of carboxylic acid groups (broad SMARTS) is 1. The Bertz CT molecular complexity index is 1250. The lowest BCUT2D eigenvalue weighted by Crippen LogP contribution is -2.10. The summed E-state index contributed by atoms with van der Waals surface area (Å²) in [5.74, 6) is 0.184. The highest BCUT2D eigenvalue weighted by atomic mass is 32.1. The first-order valence-electron chi connectivity index (χ1n) is 11.1. The molecule has 0 saturated heterocycles. The molecule has 0 spiro atoms. The average Bonchev–Trinajstić information content (AvgIpc) is 3.28. The van der Waals surface area contributed by atoms with Crippen molar-refractivity contribution in [3.63, 3.8) is 0 Å². The quantitative estimate of drug-likeness (QED) is 0.296. The molecule has 0 radical (unpaired) electrons. The van der Waals surface area contributed by atoms with E-state index in [0.717, 1.165) is 45.1 Å². The molecule has 0 amide bonds. The Morgan fingerprint density at radius 3 is 2.56 bits per heavy atom. The molecule has 2 heterocycles. The number of hydrogen-bond acceptors (Lipinski definition) is 6. The van der Waals surface area contributed by atoms with Crippen molar-refractivity contribution in [2.75, 3.05) is 6.61 Å². The Balaban J connectivity index is 1.56. The molecule has 174 valence electrons. The van der Waals surface area contributed by atoms with Gasteiger partial charge < -0.3 is 14.6 Å². The van der Waals surface area contributed by atoms with E-state index in [0.29, 0.717) is 18.1 Å². The van der Waals surface area contributed by atoms with Crippen LogP contribution in [0.2, 0.25) is 0 Å². The molecule has 0 atom stereocenters. The Kier molecular flexibility index (Phi) is 7.54. The van der Waals surface area contributed by atoms with Crippen molar-refractivity contribution in [3.05, 3.63) is 83.1 Å². The Labute approximate surface area is 202 Å². The molecule has 2 aromatic heterocycles. The van der Waals surface area contributed by atoms with E-state index in [1.165, 1.54) is 5.56 Å². The fourth-order valence-corrected chi connectivity index (χ4v) is 4.59. The topological polar surface area (TPSA) is 81.5 Å². The summed E-state index contributed by atoms with van der Waals surface area (Å²) in [5.41, 5.74) is 5.12. The number of hydrogen-bond donors (Lipinski definition) is 1. The molecular weight excluding hydrogens is 448 g/mol. The molecule has 0 aliphatic carbocycles. The number of rotatable bonds is 10. The van der Waals surface area contributed by atoms with Gasteiger partial charge in [-0.15, -0.1) is 11.3 Å². The number of aryl methyl sites for hydroxylation is 2. The van der Waals surface area contributed by atoms with Crippen LogP contribution in [0.3, 0.4) is 0 Å². The molecule has 1 N–H and O–H groups in total. The van der Waals surface area contributed by atoms with Crippen LogP contribution < -0.4 is 9.47 Å². The molecule has 4 rings (SSSR count). The van der Waals surface area contributed by atoms with E-state index >= 15 is 0 Å². The third-order valence-corrected chi connectivity index (χ3v) is 6.30. The lowest BCUT2D eigenvalue weighted by molar-refractivity contribution is -0.139. The second-order valence-electron chi connectivity index (χ2n) is 7.87. The smallest absolute Gasteiger partial charge is 0.341 e. The van der Waals surface area contributed by atoms with Gasteiger partial charge in [-0.05, 0) is 60.4 Å². The van der Waals surface area contributed by atoms with Gasteiger partial charge in [0.1, 0.15) is 23.1 Å². The average molecular weight is 475 g/mol. The summed E-state index contributed by atoms with van der Waals surface area (Å²) < 4.78 is 11.3. The minimum atomic E-state index is -1.01. The van der Waals surface area contributed by atoms with E-state index in [2.05, 4.69) is 36.2 Å². The summed E-state index contributed by atoms with van der Waals surface area (Å²) in [7, 11) is 0. The number of carbonyl (C=O) groups is 1. The van der Waals surface area contributed by atoms with Crippen LogP contribution in [0.25, 0.3) is 21.7 Å². The van der Waals surface area contributed by atoms with Crippen LogP contribution in [0.4, 0.5) is 0 Å². The number of benzene rings is 2. The summed E-state index contributed by atoms with van der Waals surface area (Å²) >= 11 is 1.61. The van der Waals surface area contributed by atoms with Crippen molar-refractivity contribution < 1.29 is 19.4 Å². The van der Waals surface area contributed by atoms with Crippen molar-refractivity contribution in [1.82, 2.24) is 9.97 Å². The maximum atomic E-state index is 10.7. The van der Waals surface area contributed by atoms with Crippen LogP contribution in [-0.2, 0) is 17.8 Å². The first kappa shape index (κ1) is 23.4. The minimum Gasteiger partial charge on any atom is -0.486 e. The summed E-state index contributed by atoms with van der Waals surface area (Å²) in [6.45, 7) is 3.98. The fraction of sp³-hybridized carbons (Fsp3) is 0.222. The zero-order chi connectivity index (χ0) is 23.9. The zero-order valence-corrected chi connectivity index (χ0v) is 20.0. The first-order valence-corrected chi connectivity index (χ1v) is 11.9. The predicted octanol–water partition coefficient (Wildman–Crippen LogP) is 6.18. The van der Waals surface area contributed by atoms with Gasteiger partial charge in [0.25, 0.3) is 0 Å². The summed E-state index contributed by atoms with van der Waals surface area (Å²) in [6, 6.07) is 17.9. The van der Waals surface area contributed by atoms with Crippen LogP contribution in [0.15, 0.2) is 67.0 Å². The van der Waals surface area contributed by atoms with Crippen LogP contribution in [0.5, 0.6) is 11.5 Å². The van der Waals surface area contributed by atoms with Gasteiger partial charge in [0, 0.05) is 18.0 Å². The molecule has 0 saturated carbocycles. The highest BCUT2D eigenvalue weighted by molar-refractivity contribution is 7.15. The molecule has 7 heteroatoms. The summed E-state index contributed by atoms with van der Waals surface area (Å²) in [6.07, 6.45) is 5.77. The normalized spacial score (nSPS) is 10.8. The van der Waals surface area contributed by atoms with E-state index in [-0.39, 0.29) is 6.61 Å². The van der Waals surface area contributed by atoms with Crippen molar-refractivity contribution in [2.24, 2.45) is 0 Å². The number of aliphatic carboxylic acids is 1. The number of pyridine rings is 1. The second-order valence-corrected chi connectivity index (χ2v) is 8.96. The Morgan fingerprint density at radius 1 is 1.06 bits per heavy atom. The van der Waals surface area contributed by atoms with Crippen molar-refractivity contribution in [3.8, 4) is 33.2 Å². The molecule has 0 aliphatic heterocycles. The standard InChI is InChI=1S/C27H26N2O4S/c1-3-5-19-7-9-20(10-8-19)27-26(21-6-4-13-28-15-21)29-24(34-27)16-32-22-11-12-23(18(2)14-22)33-17-25(30)31/h4,6-15H,3,5,16-17H2,1-2H3,(H,30,31). The van der Waals surface area contributed by atoms with Crippen LogP contribution >= 0.6 is 11.3 Å². The molecule has 0 unspecified atom stereocenters. The number of carboxylic acids is 1. The van der Waals surface area contributed by atoms with E-state index in [1.807, 2.05) is 31.3 Å². The number of aromatic nitrogens is 2. The molecular formula is C27H26N2O4S. The Hall–Kier alpha value is -3.71. The van der Waals surface area contributed by atoms with Gasteiger partial charge in [-0.2, -0.15) is 0 Å². The molecule has 4 aromatic rings. The molecule has 0 bridgehead atoms. The first-order chi connectivity index (χ1) is 16.5. The molecule has 0 fully saturated rings. The number of thiazole rings is 1. The SMILES string of the molecule is CCCc1ccc(-c2sc(COc3ccc(OCC(=O)O)c(C)c3)nc2-c2cccnc2)cc1.